The van der Waals surface area contributed by atoms with Crippen molar-refractivity contribution in [3.05, 3.63) is 33.8 Å². The fraction of sp³-hybridized carbons (Fsp3) is 0.500. The number of piperidine rings is 1. The Bertz CT molecular complexity index is 463. The summed E-state index contributed by atoms with van der Waals surface area (Å²) in [4.78, 5) is 14.4. The van der Waals surface area contributed by atoms with Gasteiger partial charge in [0.05, 0.1) is 15.6 Å². The minimum atomic E-state index is -0.0201. The van der Waals surface area contributed by atoms with Crippen LogP contribution in [0.15, 0.2) is 18.2 Å². The highest BCUT2D eigenvalue weighted by molar-refractivity contribution is 6.43. The first kappa shape index (κ1) is 14.6. The van der Waals surface area contributed by atoms with Gasteiger partial charge in [-0.25, -0.2) is 0 Å². The van der Waals surface area contributed by atoms with Crippen LogP contribution in [0.1, 0.15) is 23.2 Å². The minimum Gasteiger partial charge on any atom is -0.338 e. The van der Waals surface area contributed by atoms with Gasteiger partial charge in [0.2, 0.25) is 0 Å². The van der Waals surface area contributed by atoms with E-state index in [1.54, 1.807) is 18.2 Å². The topological polar surface area (TPSA) is 32.3 Å². The lowest BCUT2D eigenvalue weighted by atomic mass is 9.97. The van der Waals surface area contributed by atoms with E-state index in [1.807, 2.05) is 11.9 Å². The van der Waals surface area contributed by atoms with Crippen molar-refractivity contribution in [1.82, 2.24) is 10.2 Å². The summed E-state index contributed by atoms with van der Waals surface area (Å²) >= 11 is 12.1. The average molecular weight is 301 g/mol. The number of nitrogens with one attached hydrogen (secondary N) is 1. The van der Waals surface area contributed by atoms with Crippen LogP contribution in [0.2, 0.25) is 10.0 Å². The zero-order chi connectivity index (χ0) is 13.8. The molecule has 1 aliphatic rings. The molecule has 0 aromatic heterocycles. The second-order valence-corrected chi connectivity index (χ2v) is 5.70. The molecule has 0 aliphatic carbocycles. The maximum Gasteiger partial charge on any atom is 0.255 e. The maximum absolute atomic E-state index is 12.5. The van der Waals surface area contributed by atoms with E-state index < -0.39 is 0 Å². The molecule has 0 unspecified atom stereocenters. The largest absolute Gasteiger partial charge is 0.338 e. The highest BCUT2D eigenvalue weighted by Gasteiger charge is 2.25. The predicted molar refractivity (Wildman–Crippen MR) is 79.0 cm³/mol. The molecule has 1 atom stereocenters. The van der Waals surface area contributed by atoms with Crippen LogP contribution in [0.4, 0.5) is 0 Å². The van der Waals surface area contributed by atoms with Gasteiger partial charge in [0.25, 0.3) is 5.91 Å². The molecule has 2 rings (SSSR count). The molecule has 0 radical (unpaired) electrons. The Kier molecular flexibility index (Phi) is 5.08. The van der Waals surface area contributed by atoms with Gasteiger partial charge in [-0.05, 0) is 44.5 Å². The normalized spacial score (nSPS) is 19.5. The predicted octanol–water partition coefficient (Wildman–Crippen LogP) is 3.07. The number of amides is 1. The summed E-state index contributed by atoms with van der Waals surface area (Å²) in [6, 6.07) is 5.19. The van der Waals surface area contributed by atoms with E-state index in [0.29, 0.717) is 21.5 Å². The summed E-state index contributed by atoms with van der Waals surface area (Å²) in [5.74, 6) is 0.494. The van der Waals surface area contributed by atoms with Gasteiger partial charge in [0.15, 0.2) is 0 Å². The highest BCUT2D eigenvalue weighted by atomic mass is 35.5. The van der Waals surface area contributed by atoms with Gasteiger partial charge in [-0.2, -0.15) is 0 Å². The number of nitrogens with zero attached hydrogens (tertiary/aromatic N) is 1. The molecule has 1 aliphatic heterocycles. The van der Waals surface area contributed by atoms with Gasteiger partial charge in [0.1, 0.15) is 0 Å². The van der Waals surface area contributed by atoms with Crippen LogP contribution in [-0.4, -0.2) is 37.5 Å². The number of halogens is 2. The Balaban J connectivity index is 2.12. The SMILES string of the molecule is CNC[C@@H]1CCCN(C(=O)c2cccc(Cl)c2Cl)C1. The molecule has 1 N–H and O–H groups in total. The summed E-state index contributed by atoms with van der Waals surface area (Å²) in [7, 11) is 1.94. The molecular weight excluding hydrogens is 283 g/mol. The van der Waals surface area contributed by atoms with Gasteiger partial charge < -0.3 is 10.2 Å². The Morgan fingerprint density at radius 1 is 1.47 bits per heavy atom. The van der Waals surface area contributed by atoms with E-state index in [1.165, 1.54) is 0 Å². The second-order valence-electron chi connectivity index (χ2n) is 4.92. The first-order valence-corrected chi connectivity index (χ1v) is 7.27. The van der Waals surface area contributed by atoms with Gasteiger partial charge in [-0.3, -0.25) is 4.79 Å². The molecule has 0 saturated carbocycles. The molecule has 0 bridgehead atoms. The third-order valence-electron chi connectivity index (χ3n) is 3.48. The van der Waals surface area contributed by atoms with E-state index in [2.05, 4.69) is 5.32 Å². The number of rotatable bonds is 3. The average Bonchev–Trinajstić information content (AvgIpc) is 2.42. The maximum atomic E-state index is 12.5. The lowest BCUT2D eigenvalue weighted by Crippen LogP contribution is -2.42. The number of hydrogen-bond acceptors (Lipinski definition) is 2. The van der Waals surface area contributed by atoms with Crippen LogP contribution in [0.3, 0.4) is 0 Å². The third-order valence-corrected chi connectivity index (χ3v) is 4.30. The number of likely N-dealkylation sites (tertiary alicyclic amines) is 1. The zero-order valence-electron chi connectivity index (χ0n) is 11.0. The van der Waals surface area contributed by atoms with Crippen molar-refractivity contribution in [1.29, 1.82) is 0 Å². The van der Waals surface area contributed by atoms with Crippen LogP contribution >= 0.6 is 23.2 Å². The molecule has 1 saturated heterocycles. The Morgan fingerprint density at radius 2 is 2.26 bits per heavy atom. The summed E-state index contributed by atoms with van der Waals surface area (Å²) in [5, 5.41) is 3.95. The molecule has 0 spiro atoms. The molecule has 1 aromatic carbocycles. The standard InChI is InChI=1S/C14H18Cl2N2O/c1-17-8-10-4-3-7-18(9-10)14(19)11-5-2-6-12(15)13(11)16/h2,5-6,10,17H,3-4,7-9H2,1H3/t10-/m0/s1. The molecule has 104 valence electrons. The first-order valence-electron chi connectivity index (χ1n) is 6.51. The minimum absolute atomic E-state index is 0.0201. The Labute approximate surface area is 123 Å². The first-order chi connectivity index (χ1) is 9.13. The molecular formula is C14H18Cl2N2O. The fourth-order valence-corrected chi connectivity index (χ4v) is 2.93. The van der Waals surface area contributed by atoms with Crippen LogP contribution in [0.25, 0.3) is 0 Å². The summed E-state index contributed by atoms with van der Waals surface area (Å²) in [6.07, 6.45) is 2.20. The van der Waals surface area contributed by atoms with Crippen LogP contribution in [0, 0.1) is 5.92 Å². The number of carbonyl (C=O) groups is 1. The smallest absolute Gasteiger partial charge is 0.255 e. The Hall–Kier alpha value is -0.770. The van der Waals surface area contributed by atoms with E-state index >= 15 is 0 Å². The molecule has 19 heavy (non-hydrogen) atoms. The van der Waals surface area contributed by atoms with E-state index in [9.17, 15) is 4.79 Å². The molecule has 1 aromatic rings. The van der Waals surface area contributed by atoms with E-state index in [4.69, 9.17) is 23.2 Å². The monoisotopic (exact) mass is 300 g/mol. The summed E-state index contributed by atoms with van der Waals surface area (Å²) < 4.78 is 0. The van der Waals surface area contributed by atoms with Crippen molar-refractivity contribution in [2.24, 2.45) is 5.92 Å². The number of carbonyl (C=O) groups excluding carboxylic acids is 1. The molecule has 3 nitrogen and oxygen atoms in total. The van der Waals surface area contributed by atoms with E-state index in [0.717, 1.165) is 32.5 Å². The lowest BCUT2D eigenvalue weighted by molar-refractivity contribution is 0.0674. The van der Waals surface area contributed by atoms with Gasteiger partial charge in [-0.15, -0.1) is 0 Å². The lowest BCUT2D eigenvalue weighted by Gasteiger charge is -2.33. The molecule has 5 heteroatoms. The summed E-state index contributed by atoms with van der Waals surface area (Å²) in [5.41, 5.74) is 0.499. The second kappa shape index (κ2) is 6.60. The molecule has 1 fully saturated rings. The quantitative estimate of drug-likeness (QED) is 0.930. The van der Waals surface area contributed by atoms with Crippen molar-refractivity contribution in [3.8, 4) is 0 Å². The van der Waals surface area contributed by atoms with Crippen molar-refractivity contribution in [2.45, 2.75) is 12.8 Å². The fourth-order valence-electron chi connectivity index (χ4n) is 2.54. The van der Waals surface area contributed by atoms with Gasteiger partial charge >= 0.3 is 0 Å². The van der Waals surface area contributed by atoms with Gasteiger partial charge in [-0.1, -0.05) is 29.3 Å². The number of hydrogen-bond donors (Lipinski definition) is 1. The van der Waals surface area contributed by atoms with E-state index in [-0.39, 0.29) is 5.91 Å². The molecule has 1 heterocycles. The third kappa shape index (κ3) is 3.41. The van der Waals surface area contributed by atoms with Crippen LogP contribution in [0.5, 0.6) is 0 Å². The van der Waals surface area contributed by atoms with Crippen LogP contribution in [-0.2, 0) is 0 Å². The summed E-state index contributed by atoms with van der Waals surface area (Å²) in [6.45, 7) is 2.51. The van der Waals surface area contributed by atoms with Crippen molar-refractivity contribution in [2.75, 3.05) is 26.7 Å². The van der Waals surface area contributed by atoms with Gasteiger partial charge in [0, 0.05) is 13.1 Å². The number of benzene rings is 1. The zero-order valence-corrected chi connectivity index (χ0v) is 12.5. The van der Waals surface area contributed by atoms with Crippen LogP contribution < -0.4 is 5.32 Å². The van der Waals surface area contributed by atoms with Crippen molar-refractivity contribution >= 4 is 29.1 Å². The molecule has 1 amide bonds. The van der Waals surface area contributed by atoms with Crippen molar-refractivity contribution < 1.29 is 4.79 Å². The Morgan fingerprint density at radius 3 is 3.00 bits per heavy atom. The van der Waals surface area contributed by atoms with Crippen molar-refractivity contribution in [3.63, 3.8) is 0 Å². The highest BCUT2D eigenvalue weighted by Crippen LogP contribution is 2.27.